The molecule has 0 unspecified atom stereocenters. The van der Waals surface area contributed by atoms with Crippen LogP contribution in [0.3, 0.4) is 0 Å². The molecule has 0 saturated carbocycles. The SMILES string of the molecule is CSc1ncc2c(n1)CCN(Cc1ccc(Cl)o1)C2. The molecule has 3 rings (SSSR count). The molecule has 19 heavy (non-hydrogen) atoms. The van der Waals surface area contributed by atoms with Gasteiger partial charge in [0.25, 0.3) is 0 Å². The molecule has 0 bridgehead atoms. The Morgan fingerprint density at radius 1 is 1.47 bits per heavy atom. The van der Waals surface area contributed by atoms with Gasteiger partial charge in [-0.25, -0.2) is 9.97 Å². The van der Waals surface area contributed by atoms with Gasteiger partial charge in [-0.2, -0.15) is 0 Å². The molecular formula is C13H14ClN3OS. The van der Waals surface area contributed by atoms with Crippen LogP contribution in [-0.4, -0.2) is 27.7 Å². The van der Waals surface area contributed by atoms with Crippen molar-refractivity contribution in [2.45, 2.75) is 24.7 Å². The van der Waals surface area contributed by atoms with Gasteiger partial charge in [-0.05, 0) is 30.0 Å². The molecule has 100 valence electrons. The van der Waals surface area contributed by atoms with E-state index in [-0.39, 0.29) is 0 Å². The lowest BCUT2D eigenvalue weighted by molar-refractivity contribution is 0.223. The number of aromatic nitrogens is 2. The zero-order valence-electron chi connectivity index (χ0n) is 10.6. The van der Waals surface area contributed by atoms with Crippen molar-refractivity contribution in [3.8, 4) is 0 Å². The van der Waals surface area contributed by atoms with Crippen LogP contribution in [0.4, 0.5) is 0 Å². The van der Waals surface area contributed by atoms with Gasteiger partial charge in [0.2, 0.25) is 0 Å². The molecule has 0 aliphatic carbocycles. The molecule has 0 aromatic carbocycles. The highest BCUT2D eigenvalue weighted by molar-refractivity contribution is 7.98. The van der Waals surface area contributed by atoms with Crippen LogP contribution in [0.25, 0.3) is 0 Å². The minimum Gasteiger partial charge on any atom is -0.448 e. The number of hydrogen-bond acceptors (Lipinski definition) is 5. The summed E-state index contributed by atoms with van der Waals surface area (Å²) in [6.07, 6.45) is 4.90. The highest BCUT2D eigenvalue weighted by atomic mass is 35.5. The first-order valence-corrected chi connectivity index (χ1v) is 7.70. The van der Waals surface area contributed by atoms with E-state index in [1.165, 1.54) is 11.3 Å². The highest BCUT2D eigenvalue weighted by Gasteiger charge is 2.19. The summed E-state index contributed by atoms with van der Waals surface area (Å²) in [6, 6.07) is 3.70. The summed E-state index contributed by atoms with van der Waals surface area (Å²) in [6.45, 7) is 2.62. The molecule has 0 amide bonds. The van der Waals surface area contributed by atoms with E-state index < -0.39 is 0 Å². The molecule has 1 aliphatic rings. The van der Waals surface area contributed by atoms with Gasteiger partial charge in [0.1, 0.15) is 5.76 Å². The summed E-state index contributed by atoms with van der Waals surface area (Å²) >= 11 is 7.37. The van der Waals surface area contributed by atoms with Gasteiger partial charge in [0, 0.05) is 31.3 Å². The van der Waals surface area contributed by atoms with Gasteiger partial charge in [-0.1, -0.05) is 11.8 Å². The quantitative estimate of drug-likeness (QED) is 0.643. The van der Waals surface area contributed by atoms with Gasteiger partial charge in [0.15, 0.2) is 10.4 Å². The fourth-order valence-corrected chi connectivity index (χ4v) is 2.77. The van der Waals surface area contributed by atoms with Crippen molar-refractivity contribution in [2.75, 3.05) is 12.8 Å². The fourth-order valence-electron chi connectivity index (χ4n) is 2.25. The maximum atomic E-state index is 5.79. The van der Waals surface area contributed by atoms with Crippen LogP contribution in [0.5, 0.6) is 0 Å². The third kappa shape index (κ3) is 2.94. The van der Waals surface area contributed by atoms with Crippen LogP contribution < -0.4 is 0 Å². The molecular weight excluding hydrogens is 282 g/mol. The topological polar surface area (TPSA) is 42.2 Å². The monoisotopic (exact) mass is 295 g/mol. The number of rotatable bonds is 3. The number of hydrogen-bond donors (Lipinski definition) is 0. The lowest BCUT2D eigenvalue weighted by Gasteiger charge is -2.27. The maximum absolute atomic E-state index is 5.79. The molecule has 1 aliphatic heterocycles. The molecule has 3 heterocycles. The number of fused-ring (bicyclic) bond motifs is 1. The summed E-state index contributed by atoms with van der Waals surface area (Å²) in [5, 5.41) is 1.30. The lowest BCUT2D eigenvalue weighted by atomic mass is 10.1. The van der Waals surface area contributed by atoms with Gasteiger partial charge in [-0.15, -0.1) is 0 Å². The second kappa shape index (κ2) is 5.53. The third-order valence-corrected chi connectivity index (χ3v) is 3.95. The van der Waals surface area contributed by atoms with Gasteiger partial charge >= 0.3 is 0 Å². The molecule has 0 atom stereocenters. The standard InChI is InChI=1S/C13H14ClN3OS/c1-19-13-15-6-9-7-17(5-4-11(9)16-13)8-10-2-3-12(14)18-10/h2-3,6H,4-5,7-8H2,1H3. The Balaban J connectivity index is 1.71. The summed E-state index contributed by atoms with van der Waals surface area (Å²) in [5.41, 5.74) is 2.38. The van der Waals surface area contributed by atoms with Crippen LogP contribution in [0.15, 0.2) is 27.9 Å². The molecule has 6 heteroatoms. The average molecular weight is 296 g/mol. The Labute approximate surface area is 121 Å². The van der Waals surface area contributed by atoms with Gasteiger partial charge in [0.05, 0.1) is 12.2 Å². The molecule has 0 spiro atoms. The van der Waals surface area contributed by atoms with E-state index >= 15 is 0 Å². The minimum atomic E-state index is 0.445. The summed E-state index contributed by atoms with van der Waals surface area (Å²) in [5.74, 6) is 0.898. The first kappa shape index (κ1) is 13.0. The van der Waals surface area contributed by atoms with Crippen molar-refractivity contribution < 1.29 is 4.42 Å². The number of halogens is 1. The molecule has 0 N–H and O–H groups in total. The Kier molecular flexibility index (Phi) is 3.77. The van der Waals surface area contributed by atoms with Crippen LogP contribution in [0.2, 0.25) is 5.22 Å². The molecule has 2 aromatic rings. The van der Waals surface area contributed by atoms with Crippen LogP contribution >= 0.6 is 23.4 Å². The smallest absolute Gasteiger partial charge is 0.193 e. The molecule has 0 saturated heterocycles. The lowest BCUT2D eigenvalue weighted by Crippen LogP contribution is -2.30. The Morgan fingerprint density at radius 3 is 3.11 bits per heavy atom. The molecule has 0 radical (unpaired) electrons. The van der Waals surface area contributed by atoms with Crippen molar-refractivity contribution in [3.05, 3.63) is 40.6 Å². The van der Waals surface area contributed by atoms with Gasteiger partial charge in [-0.3, -0.25) is 4.90 Å². The molecule has 4 nitrogen and oxygen atoms in total. The predicted molar refractivity (Wildman–Crippen MR) is 75.3 cm³/mol. The second-order valence-corrected chi connectivity index (χ2v) is 5.64. The number of thioether (sulfide) groups is 1. The first-order chi connectivity index (χ1) is 9.24. The van der Waals surface area contributed by atoms with Crippen LogP contribution in [0, 0.1) is 0 Å². The largest absolute Gasteiger partial charge is 0.448 e. The van der Waals surface area contributed by atoms with Crippen molar-refractivity contribution >= 4 is 23.4 Å². The van der Waals surface area contributed by atoms with E-state index in [0.717, 1.165) is 37.0 Å². The Morgan fingerprint density at radius 2 is 2.37 bits per heavy atom. The number of furan rings is 1. The Bertz CT molecular complexity index is 587. The highest BCUT2D eigenvalue weighted by Crippen LogP contribution is 2.22. The predicted octanol–water partition coefficient (Wildman–Crippen LogP) is 3.00. The van der Waals surface area contributed by atoms with Gasteiger partial charge < -0.3 is 4.42 Å². The third-order valence-electron chi connectivity index (χ3n) is 3.18. The normalized spacial score (nSPS) is 15.5. The first-order valence-electron chi connectivity index (χ1n) is 6.10. The number of nitrogens with zero attached hydrogens (tertiary/aromatic N) is 3. The van der Waals surface area contributed by atoms with Crippen molar-refractivity contribution in [1.29, 1.82) is 0 Å². The Hall–Kier alpha value is -1.04. The molecule has 0 fully saturated rings. The minimum absolute atomic E-state index is 0.445. The van der Waals surface area contributed by atoms with E-state index in [1.807, 2.05) is 18.5 Å². The van der Waals surface area contributed by atoms with E-state index in [2.05, 4.69) is 14.9 Å². The summed E-state index contributed by atoms with van der Waals surface area (Å²) in [4.78, 5) is 11.2. The van der Waals surface area contributed by atoms with E-state index in [4.69, 9.17) is 16.0 Å². The van der Waals surface area contributed by atoms with Crippen LogP contribution in [-0.2, 0) is 19.5 Å². The fraction of sp³-hybridized carbons (Fsp3) is 0.385. The average Bonchev–Trinajstić information content (AvgIpc) is 2.83. The summed E-state index contributed by atoms with van der Waals surface area (Å²) < 4.78 is 5.40. The second-order valence-electron chi connectivity index (χ2n) is 4.50. The molecule has 2 aromatic heterocycles. The zero-order chi connectivity index (χ0) is 13.2. The van der Waals surface area contributed by atoms with Crippen molar-refractivity contribution in [2.24, 2.45) is 0 Å². The van der Waals surface area contributed by atoms with E-state index in [1.54, 1.807) is 17.8 Å². The summed E-state index contributed by atoms with van der Waals surface area (Å²) in [7, 11) is 0. The van der Waals surface area contributed by atoms with E-state index in [0.29, 0.717) is 5.22 Å². The zero-order valence-corrected chi connectivity index (χ0v) is 12.2. The maximum Gasteiger partial charge on any atom is 0.193 e. The van der Waals surface area contributed by atoms with Crippen LogP contribution in [0.1, 0.15) is 17.0 Å². The van der Waals surface area contributed by atoms with Crippen molar-refractivity contribution in [1.82, 2.24) is 14.9 Å². The van der Waals surface area contributed by atoms with Crippen molar-refractivity contribution in [3.63, 3.8) is 0 Å². The van der Waals surface area contributed by atoms with E-state index in [9.17, 15) is 0 Å².